The van der Waals surface area contributed by atoms with E-state index in [2.05, 4.69) is 20.6 Å². The molecule has 5 nitrogen and oxygen atoms in total. The molecule has 0 saturated carbocycles. The summed E-state index contributed by atoms with van der Waals surface area (Å²) in [5.41, 5.74) is 5.14. The number of anilines is 2. The average Bonchev–Trinajstić information content (AvgIpc) is 2.66. The molecule has 1 amide bonds. The van der Waals surface area contributed by atoms with Crippen molar-refractivity contribution < 1.29 is 9.18 Å². The van der Waals surface area contributed by atoms with Crippen LogP contribution in [0.5, 0.6) is 0 Å². The van der Waals surface area contributed by atoms with E-state index >= 15 is 0 Å². The fraction of sp³-hybridized carbons (Fsp3) is 0.227. The lowest BCUT2D eigenvalue weighted by atomic mass is 10.1. The first-order chi connectivity index (χ1) is 13.4. The van der Waals surface area contributed by atoms with Crippen molar-refractivity contribution in [1.82, 2.24) is 15.3 Å². The molecule has 28 heavy (non-hydrogen) atoms. The zero-order valence-corrected chi connectivity index (χ0v) is 16.2. The number of carbonyl (C=O) groups is 1. The third-order valence-corrected chi connectivity index (χ3v) is 4.55. The van der Waals surface area contributed by atoms with Crippen LogP contribution in [0.2, 0.25) is 0 Å². The van der Waals surface area contributed by atoms with Gasteiger partial charge in [-0.15, -0.1) is 0 Å². The lowest BCUT2D eigenvalue weighted by Gasteiger charge is -2.12. The van der Waals surface area contributed by atoms with Crippen LogP contribution in [0, 0.1) is 26.6 Å². The number of aromatic nitrogens is 2. The largest absolute Gasteiger partial charge is 0.350 e. The minimum absolute atomic E-state index is 0.267. The zero-order chi connectivity index (χ0) is 20.1. The van der Waals surface area contributed by atoms with Crippen molar-refractivity contribution in [2.75, 3.05) is 11.9 Å². The number of rotatable bonds is 6. The summed E-state index contributed by atoms with van der Waals surface area (Å²) >= 11 is 0. The van der Waals surface area contributed by atoms with Crippen LogP contribution in [-0.2, 0) is 6.42 Å². The van der Waals surface area contributed by atoms with E-state index in [0.29, 0.717) is 30.3 Å². The van der Waals surface area contributed by atoms with Gasteiger partial charge in [0.15, 0.2) is 0 Å². The van der Waals surface area contributed by atoms with Crippen molar-refractivity contribution in [3.05, 3.63) is 82.4 Å². The van der Waals surface area contributed by atoms with Gasteiger partial charge in [0.25, 0.3) is 5.91 Å². The van der Waals surface area contributed by atoms with E-state index in [1.165, 1.54) is 12.1 Å². The van der Waals surface area contributed by atoms with Crippen LogP contribution in [0.15, 0.2) is 48.5 Å². The number of nitrogens with one attached hydrogen (secondary N) is 2. The molecule has 0 unspecified atom stereocenters. The Balaban J connectivity index is 1.67. The van der Waals surface area contributed by atoms with Gasteiger partial charge in [-0.1, -0.05) is 24.3 Å². The van der Waals surface area contributed by atoms with E-state index in [-0.39, 0.29) is 11.7 Å². The number of carbonyl (C=O) groups excluding carboxylic acids is 1. The van der Waals surface area contributed by atoms with Crippen LogP contribution < -0.4 is 10.6 Å². The summed E-state index contributed by atoms with van der Waals surface area (Å²) in [6.45, 7) is 6.33. The second-order valence-corrected chi connectivity index (χ2v) is 6.72. The Kier molecular flexibility index (Phi) is 5.99. The standard InChI is InChI=1S/C22H23FN4O/c1-14-5-4-6-19(16(14)3)26-22-25-15(2)13-20(27-22)21(28)24-12-11-17-7-9-18(23)10-8-17/h4-10,13H,11-12H2,1-3H3,(H,24,28)(H,25,26,27). The second-order valence-electron chi connectivity index (χ2n) is 6.72. The molecule has 2 aromatic carbocycles. The smallest absolute Gasteiger partial charge is 0.270 e. The normalized spacial score (nSPS) is 10.6. The van der Waals surface area contributed by atoms with Gasteiger partial charge >= 0.3 is 0 Å². The molecule has 0 aliphatic carbocycles. The molecule has 3 aromatic rings. The van der Waals surface area contributed by atoms with Crippen LogP contribution in [0.3, 0.4) is 0 Å². The second kappa shape index (κ2) is 8.61. The van der Waals surface area contributed by atoms with Crippen molar-refractivity contribution in [3.8, 4) is 0 Å². The van der Waals surface area contributed by atoms with Crippen LogP contribution in [0.4, 0.5) is 16.0 Å². The molecule has 0 bridgehead atoms. The molecule has 1 aromatic heterocycles. The molecule has 0 atom stereocenters. The minimum Gasteiger partial charge on any atom is -0.350 e. The Labute approximate surface area is 164 Å². The molecule has 144 valence electrons. The van der Waals surface area contributed by atoms with Gasteiger partial charge in [0.05, 0.1) is 0 Å². The number of hydrogen-bond donors (Lipinski definition) is 2. The highest BCUT2D eigenvalue weighted by Crippen LogP contribution is 2.21. The number of nitrogens with zero attached hydrogens (tertiary/aromatic N) is 2. The van der Waals surface area contributed by atoms with Crippen molar-refractivity contribution in [3.63, 3.8) is 0 Å². The van der Waals surface area contributed by atoms with Gasteiger partial charge in [-0.25, -0.2) is 14.4 Å². The number of amides is 1. The summed E-state index contributed by atoms with van der Waals surface area (Å²) in [6.07, 6.45) is 0.615. The topological polar surface area (TPSA) is 66.9 Å². The number of halogens is 1. The Morgan fingerprint density at radius 1 is 1.04 bits per heavy atom. The van der Waals surface area contributed by atoms with Gasteiger partial charge in [-0.05, 0) is 68.1 Å². The van der Waals surface area contributed by atoms with Gasteiger partial charge in [0, 0.05) is 17.9 Å². The summed E-state index contributed by atoms with van der Waals surface area (Å²) in [5.74, 6) is -0.151. The van der Waals surface area contributed by atoms with E-state index in [9.17, 15) is 9.18 Å². The fourth-order valence-electron chi connectivity index (χ4n) is 2.81. The van der Waals surface area contributed by atoms with Gasteiger partial charge in [-0.3, -0.25) is 4.79 Å². The summed E-state index contributed by atoms with van der Waals surface area (Å²) in [4.78, 5) is 21.2. The molecule has 0 spiro atoms. The summed E-state index contributed by atoms with van der Waals surface area (Å²) < 4.78 is 12.9. The lowest BCUT2D eigenvalue weighted by molar-refractivity contribution is 0.0949. The van der Waals surface area contributed by atoms with E-state index in [1.807, 2.05) is 39.0 Å². The molecular formula is C22H23FN4O. The average molecular weight is 378 g/mol. The molecule has 0 aliphatic rings. The van der Waals surface area contributed by atoms with Gasteiger partial charge in [0.1, 0.15) is 11.5 Å². The maximum absolute atomic E-state index is 12.9. The highest BCUT2D eigenvalue weighted by Gasteiger charge is 2.11. The SMILES string of the molecule is Cc1cc(C(=O)NCCc2ccc(F)cc2)nc(Nc2cccc(C)c2C)n1. The lowest BCUT2D eigenvalue weighted by Crippen LogP contribution is -2.27. The van der Waals surface area contributed by atoms with E-state index in [1.54, 1.807) is 18.2 Å². The Morgan fingerprint density at radius 2 is 1.79 bits per heavy atom. The Bertz CT molecular complexity index is 986. The Morgan fingerprint density at radius 3 is 2.54 bits per heavy atom. The predicted octanol–water partition coefficient (Wildman–Crippen LogP) is 4.26. The predicted molar refractivity (Wildman–Crippen MR) is 108 cm³/mol. The van der Waals surface area contributed by atoms with Crippen molar-refractivity contribution >= 4 is 17.5 Å². The third-order valence-electron chi connectivity index (χ3n) is 4.55. The maximum atomic E-state index is 12.9. The summed E-state index contributed by atoms with van der Waals surface area (Å²) in [7, 11) is 0. The van der Waals surface area contributed by atoms with Gasteiger partial charge in [0.2, 0.25) is 5.95 Å². The van der Waals surface area contributed by atoms with E-state index in [0.717, 1.165) is 22.4 Å². The molecule has 6 heteroatoms. The highest BCUT2D eigenvalue weighted by molar-refractivity contribution is 5.92. The number of benzene rings is 2. The first kappa shape index (κ1) is 19.5. The minimum atomic E-state index is -0.270. The van der Waals surface area contributed by atoms with Crippen molar-refractivity contribution in [2.24, 2.45) is 0 Å². The molecule has 0 saturated heterocycles. The quantitative estimate of drug-likeness (QED) is 0.673. The van der Waals surface area contributed by atoms with Crippen molar-refractivity contribution in [2.45, 2.75) is 27.2 Å². The maximum Gasteiger partial charge on any atom is 0.270 e. The summed E-state index contributed by atoms with van der Waals surface area (Å²) in [6, 6.07) is 13.9. The molecule has 1 heterocycles. The molecule has 0 radical (unpaired) electrons. The number of hydrogen-bond acceptors (Lipinski definition) is 4. The van der Waals surface area contributed by atoms with Gasteiger partial charge < -0.3 is 10.6 Å². The monoisotopic (exact) mass is 378 g/mol. The van der Waals surface area contributed by atoms with Crippen molar-refractivity contribution in [1.29, 1.82) is 0 Å². The van der Waals surface area contributed by atoms with E-state index in [4.69, 9.17) is 0 Å². The molecular weight excluding hydrogens is 355 g/mol. The van der Waals surface area contributed by atoms with E-state index < -0.39 is 0 Å². The third kappa shape index (κ3) is 4.91. The van der Waals surface area contributed by atoms with Gasteiger partial charge in [-0.2, -0.15) is 0 Å². The van der Waals surface area contributed by atoms with Crippen LogP contribution in [0.25, 0.3) is 0 Å². The van der Waals surface area contributed by atoms with Crippen LogP contribution in [0.1, 0.15) is 32.9 Å². The first-order valence-corrected chi connectivity index (χ1v) is 9.14. The first-order valence-electron chi connectivity index (χ1n) is 9.14. The summed E-state index contributed by atoms with van der Waals surface area (Å²) in [5, 5.41) is 6.05. The molecule has 0 aliphatic heterocycles. The highest BCUT2D eigenvalue weighted by atomic mass is 19.1. The molecule has 0 fully saturated rings. The fourth-order valence-corrected chi connectivity index (χ4v) is 2.81. The van der Waals surface area contributed by atoms with Crippen LogP contribution >= 0.6 is 0 Å². The van der Waals surface area contributed by atoms with Crippen LogP contribution in [-0.4, -0.2) is 22.4 Å². The zero-order valence-electron chi connectivity index (χ0n) is 16.2. The number of aryl methyl sites for hydroxylation is 2. The Hall–Kier alpha value is -3.28. The molecule has 2 N–H and O–H groups in total. The molecule has 3 rings (SSSR count).